The van der Waals surface area contributed by atoms with E-state index in [-0.39, 0.29) is 0 Å². The molecule has 0 amide bonds. The number of nitrogens with zero attached hydrogens (tertiary/aromatic N) is 5. The van der Waals surface area contributed by atoms with Gasteiger partial charge in [0.1, 0.15) is 0 Å². The van der Waals surface area contributed by atoms with Crippen molar-refractivity contribution >= 4 is 49.3 Å². The van der Waals surface area contributed by atoms with E-state index in [4.69, 9.17) is 6.57 Å². The number of nitriles is 2. The molecule has 0 bridgehead atoms. The van der Waals surface area contributed by atoms with Crippen LogP contribution in [0.3, 0.4) is 0 Å². The fraction of sp³-hybridized carbons (Fsp3) is 0.0192. The van der Waals surface area contributed by atoms with Crippen LogP contribution in [0.1, 0.15) is 16.7 Å². The number of para-hydroxylation sites is 2. The van der Waals surface area contributed by atoms with Crippen LogP contribution < -0.4 is 0 Å². The minimum Gasteiger partial charge on any atom is -0.310 e. The predicted molar refractivity (Wildman–Crippen MR) is 232 cm³/mol. The third-order valence-corrected chi connectivity index (χ3v) is 11.1. The minimum atomic E-state index is 0.573. The SMILES string of the molecule is [C-]#[N+]c1cccc(-n2c3ccccc3c3cc(-c4ccc(C#N)cc4)ccc32)c1-c1cc(C)ccc1-n1c2ccccc2c2cc(-c3ccc(C#N)cc3)ccc21. The Kier molecular flexibility index (Phi) is 7.79. The Morgan fingerprint density at radius 2 is 0.947 bits per heavy atom. The van der Waals surface area contributed by atoms with Crippen molar-refractivity contribution in [2.24, 2.45) is 0 Å². The fourth-order valence-electron chi connectivity index (χ4n) is 8.43. The van der Waals surface area contributed by atoms with Crippen molar-refractivity contribution in [1.29, 1.82) is 10.5 Å². The Bertz CT molecular complexity index is 3380. The molecule has 0 N–H and O–H groups in total. The van der Waals surface area contributed by atoms with E-state index < -0.39 is 0 Å². The Balaban J connectivity index is 1.22. The number of hydrogen-bond acceptors (Lipinski definition) is 2. The van der Waals surface area contributed by atoms with Gasteiger partial charge in [0.05, 0.1) is 57.6 Å². The van der Waals surface area contributed by atoms with Crippen LogP contribution in [0.2, 0.25) is 0 Å². The molecule has 57 heavy (non-hydrogen) atoms. The summed E-state index contributed by atoms with van der Waals surface area (Å²) in [4.78, 5) is 4.16. The van der Waals surface area contributed by atoms with Crippen molar-refractivity contribution in [3.05, 3.63) is 198 Å². The van der Waals surface area contributed by atoms with E-state index in [0.29, 0.717) is 16.8 Å². The summed E-state index contributed by atoms with van der Waals surface area (Å²) in [5.41, 5.74) is 15.1. The molecule has 0 saturated heterocycles. The third kappa shape index (κ3) is 5.37. The molecule has 0 aliphatic rings. The Hall–Kier alpha value is -8.17. The van der Waals surface area contributed by atoms with Crippen LogP contribution in [0.4, 0.5) is 5.69 Å². The van der Waals surface area contributed by atoms with Gasteiger partial charge >= 0.3 is 0 Å². The number of rotatable bonds is 5. The lowest BCUT2D eigenvalue weighted by atomic mass is 9.97. The fourth-order valence-corrected chi connectivity index (χ4v) is 8.43. The first kappa shape index (κ1) is 33.4. The maximum atomic E-state index is 9.37. The van der Waals surface area contributed by atoms with Crippen molar-refractivity contribution in [1.82, 2.24) is 9.13 Å². The number of aromatic nitrogens is 2. The highest BCUT2D eigenvalue weighted by atomic mass is 15.0. The Morgan fingerprint density at radius 1 is 0.456 bits per heavy atom. The molecular weight excluding hydrogens is 695 g/mol. The molecule has 0 aliphatic carbocycles. The summed E-state index contributed by atoms with van der Waals surface area (Å²) >= 11 is 0. The van der Waals surface area contributed by atoms with Gasteiger partial charge in [-0.3, -0.25) is 0 Å². The van der Waals surface area contributed by atoms with Gasteiger partial charge in [0.15, 0.2) is 5.69 Å². The average Bonchev–Trinajstić information content (AvgIpc) is 3.78. The van der Waals surface area contributed by atoms with Gasteiger partial charge in [0.2, 0.25) is 0 Å². The van der Waals surface area contributed by atoms with Crippen LogP contribution in [0, 0.1) is 36.2 Å². The van der Waals surface area contributed by atoms with Crippen molar-refractivity contribution < 1.29 is 0 Å². The molecule has 0 spiro atoms. The summed E-state index contributed by atoms with van der Waals surface area (Å²) in [5, 5.41) is 23.2. The average molecular weight is 726 g/mol. The van der Waals surface area contributed by atoms with Crippen molar-refractivity contribution in [3.63, 3.8) is 0 Å². The topological polar surface area (TPSA) is 61.8 Å². The molecule has 10 rings (SSSR count). The van der Waals surface area contributed by atoms with Crippen LogP contribution in [-0.2, 0) is 0 Å². The van der Waals surface area contributed by atoms with Crippen molar-refractivity contribution in [2.45, 2.75) is 6.92 Å². The van der Waals surface area contributed by atoms with Gasteiger partial charge in [0, 0.05) is 32.8 Å². The maximum absolute atomic E-state index is 9.37. The standard InChI is InChI=1S/C52H31N5/c1-33-14-25-50(56-46-11-5-3-8-40(46)42-29-38(23-26-48(42)56)36-19-15-34(31-53)16-20-36)44(28-33)52-45(55-2)10-7-13-51(52)57-47-12-6-4-9-41(47)43-30-39(24-27-49(43)57)37-21-17-35(32-54)18-22-37/h3-30H,1H3. The van der Waals surface area contributed by atoms with Crippen molar-refractivity contribution in [2.75, 3.05) is 0 Å². The van der Waals surface area contributed by atoms with Crippen LogP contribution in [0.5, 0.6) is 0 Å². The lowest BCUT2D eigenvalue weighted by molar-refractivity contribution is 1.16. The zero-order valence-electron chi connectivity index (χ0n) is 30.9. The molecule has 0 atom stereocenters. The van der Waals surface area contributed by atoms with Crippen LogP contribution >= 0.6 is 0 Å². The number of hydrogen-bond donors (Lipinski definition) is 0. The molecule has 0 saturated carbocycles. The van der Waals surface area contributed by atoms with Gasteiger partial charge in [-0.1, -0.05) is 103 Å². The predicted octanol–water partition coefficient (Wildman–Crippen LogP) is 13.5. The zero-order valence-corrected chi connectivity index (χ0v) is 30.9. The number of aryl methyl sites for hydroxylation is 1. The van der Waals surface area contributed by atoms with Crippen LogP contribution in [0.15, 0.2) is 170 Å². The largest absolute Gasteiger partial charge is 0.310 e. The number of fused-ring (bicyclic) bond motifs is 6. The zero-order chi connectivity index (χ0) is 38.6. The highest BCUT2D eigenvalue weighted by Crippen LogP contribution is 2.45. The highest BCUT2D eigenvalue weighted by Gasteiger charge is 2.23. The Labute approximate surface area is 329 Å². The van der Waals surface area contributed by atoms with Gasteiger partial charge < -0.3 is 9.13 Å². The minimum absolute atomic E-state index is 0.573. The molecule has 264 valence electrons. The lowest BCUT2D eigenvalue weighted by Gasteiger charge is -2.20. The summed E-state index contributed by atoms with van der Waals surface area (Å²) < 4.78 is 4.64. The second kappa shape index (κ2) is 13.3. The molecule has 10 aromatic rings. The smallest absolute Gasteiger partial charge is 0.197 e. The molecule has 5 heteroatoms. The van der Waals surface area contributed by atoms with E-state index in [0.717, 1.165) is 93.9 Å². The molecule has 0 radical (unpaired) electrons. The van der Waals surface area contributed by atoms with Gasteiger partial charge in [0.25, 0.3) is 0 Å². The van der Waals surface area contributed by atoms with E-state index in [1.165, 1.54) is 0 Å². The molecule has 2 aromatic heterocycles. The van der Waals surface area contributed by atoms with Gasteiger partial charge in [-0.05, 0) is 108 Å². The highest BCUT2D eigenvalue weighted by molar-refractivity contribution is 6.13. The molecular formula is C52H31N5. The lowest BCUT2D eigenvalue weighted by Crippen LogP contribution is -2.02. The van der Waals surface area contributed by atoms with Crippen LogP contribution in [0.25, 0.3) is 93.2 Å². The van der Waals surface area contributed by atoms with E-state index in [2.05, 4.69) is 142 Å². The van der Waals surface area contributed by atoms with Gasteiger partial charge in [-0.25, -0.2) is 4.85 Å². The molecule has 2 heterocycles. The Morgan fingerprint density at radius 3 is 1.47 bits per heavy atom. The first-order chi connectivity index (χ1) is 28.0. The number of benzene rings is 8. The van der Waals surface area contributed by atoms with Crippen LogP contribution in [-0.4, -0.2) is 9.13 Å². The first-order valence-electron chi connectivity index (χ1n) is 18.7. The van der Waals surface area contributed by atoms with Crippen molar-refractivity contribution in [3.8, 4) is 56.9 Å². The second-order valence-electron chi connectivity index (χ2n) is 14.4. The third-order valence-electron chi connectivity index (χ3n) is 11.1. The molecule has 0 unspecified atom stereocenters. The van der Waals surface area contributed by atoms with E-state index >= 15 is 0 Å². The van der Waals surface area contributed by atoms with E-state index in [9.17, 15) is 10.5 Å². The van der Waals surface area contributed by atoms with Gasteiger partial charge in [-0.15, -0.1) is 0 Å². The molecule has 8 aromatic carbocycles. The molecule has 5 nitrogen and oxygen atoms in total. The normalized spacial score (nSPS) is 11.2. The summed E-state index contributed by atoms with van der Waals surface area (Å²) in [6.45, 7) is 10.6. The monoisotopic (exact) mass is 725 g/mol. The summed E-state index contributed by atoms with van der Waals surface area (Å²) in [6.07, 6.45) is 0. The van der Waals surface area contributed by atoms with Gasteiger partial charge in [-0.2, -0.15) is 10.5 Å². The summed E-state index contributed by atoms with van der Waals surface area (Å²) in [6, 6.07) is 62.5. The molecule has 0 fully saturated rings. The quantitative estimate of drug-likeness (QED) is 0.166. The maximum Gasteiger partial charge on any atom is 0.197 e. The molecule has 0 aliphatic heterocycles. The summed E-state index contributed by atoms with van der Waals surface area (Å²) in [5.74, 6) is 0. The summed E-state index contributed by atoms with van der Waals surface area (Å²) in [7, 11) is 0. The second-order valence-corrected chi connectivity index (χ2v) is 14.4. The van der Waals surface area contributed by atoms with E-state index in [1.54, 1.807) is 0 Å². The van der Waals surface area contributed by atoms with E-state index in [1.807, 2.05) is 60.7 Å². The first-order valence-corrected chi connectivity index (χ1v) is 18.7.